The molecule has 20 heavy (non-hydrogen) atoms. The van der Waals surface area contributed by atoms with E-state index in [1.807, 2.05) is 38.1 Å². The van der Waals surface area contributed by atoms with Gasteiger partial charge in [0.05, 0.1) is 6.10 Å². The van der Waals surface area contributed by atoms with Gasteiger partial charge in [0.15, 0.2) is 0 Å². The van der Waals surface area contributed by atoms with Crippen LogP contribution in [0.15, 0.2) is 24.3 Å². The number of aliphatic hydroxyl groups is 1. The number of piperidine rings is 1. The van der Waals surface area contributed by atoms with Gasteiger partial charge in [0.2, 0.25) is 0 Å². The van der Waals surface area contributed by atoms with Crippen molar-refractivity contribution in [3.8, 4) is 5.75 Å². The van der Waals surface area contributed by atoms with E-state index in [9.17, 15) is 5.11 Å². The molecular formula is C17H25NO2. The van der Waals surface area contributed by atoms with Gasteiger partial charge in [0, 0.05) is 12.6 Å². The highest BCUT2D eigenvalue weighted by molar-refractivity contribution is 5.34. The molecule has 0 saturated carbocycles. The first-order valence-electron chi connectivity index (χ1n) is 7.83. The molecule has 1 aromatic rings. The van der Waals surface area contributed by atoms with Gasteiger partial charge in [-0.3, -0.25) is 4.90 Å². The Balaban J connectivity index is 1.87. The highest BCUT2D eigenvalue weighted by atomic mass is 16.5. The Morgan fingerprint density at radius 1 is 1.30 bits per heavy atom. The van der Waals surface area contributed by atoms with Crippen LogP contribution in [0, 0.1) is 0 Å². The molecule has 2 heterocycles. The molecule has 1 N–H and O–H groups in total. The van der Waals surface area contributed by atoms with Crippen molar-refractivity contribution in [1.82, 2.24) is 4.90 Å². The first-order valence-corrected chi connectivity index (χ1v) is 7.83. The zero-order valence-electron chi connectivity index (χ0n) is 12.5. The number of nitrogens with zero attached hydrogens (tertiary/aromatic N) is 1. The Kier molecular flexibility index (Phi) is 3.74. The largest absolute Gasteiger partial charge is 0.491 e. The van der Waals surface area contributed by atoms with Gasteiger partial charge in [-0.15, -0.1) is 0 Å². The molecule has 110 valence electrons. The minimum Gasteiger partial charge on any atom is -0.491 e. The fourth-order valence-electron chi connectivity index (χ4n) is 3.73. The highest BCUT2D eigenvalue weighted by Crippen LogP contribution is 2.42. The van der Waals surface area contributed by atoms with Crippen LogP contribution < -0.4 is 4.74 Å². The van der Waals surface area contributed by atoms with Crippen molar-refractivity contribution in [1.29, 1.82) is 0 Å². The molecule has 2 aliphatic heterocycles. The minimum atomic E-state index is -0.698. The Morgan fingerprint density at radius 2 is 2.15 bits per heavy atom. The molecule has 0 aromatic heterocycles. The molecule has 2 atom stereocenters. The molecule has 2 fully saturated rings. The third-order valence-corrected chi connectivity index (χ3v) is 4.65. The van der Waals surface area contributed by atoms with E-state index in [0.717, 1.165) is 37.2 Å². The molecule has 2 unspecified atom stereocenters. The number of ether oxygens (including phenoxy) is 1. The summed E-state index contributed by atoms with van der Waals surface area (Å²) in [6, 6.07) is 8.32. The lowest BCUT2D eigenvalue weighted by Crippen LogP contribution is -2.45. The fraction of sp³-hybridized carbons (Fsp3) is 0.647. The summed E-state index contributed by atoms with van der Waals surface area (Å²) in [5, 5.41) is 11.2. The third kappa shape index (κ3) is 2.45. The van der Waals surface area contributed by atoms with E-state index in [-0.39, 0.29) is 12.1 Å². The number of fused-ring (bicyclic) bond motifs is 1. The molecule has 0 amide bonds. The van der Waals surface area contributed by atoms with Crippen molar-refractivity contribution in [2.24, 2.45) is 0 Å². The number of rotatable bonds is 3. The Bertz CT molecular complexity index is 474. The van der Waals surface area contributed by atoms with Crippen molar-refractivity contribution < 1.29 is 9.84 Å². The highest BCUT2D eigenvalue weighted by Gasteiger charge is 2.47. The van der Waals surface area contributed by atoms with Gasteiger partial charge < -0.3 is 9.84 Å². The maximum Gasteiger partial charge on any atom is 0.120 e. The lowest BCUT2D eigenvalue weighted by atomic mass is 9.83. The number of hydrogen-bond donors (Lipinski definition) is 1. The zero-order chi connectivity index (χ0) is 14.2. The molecule has 3 nitrogen and oxygen atoms in total. The standard InChI is InChI=1S/C17H25NO2/c1-13(2)20-15-7-5-6-14(12-15)17(19)9-11-18-10-4-3-8-16(17)18/h5-7,12-13,16,19H,3-4,8-11H2,1-2H3. The summed E-state index contributed by atoms with van der Waals surface area (Å²) in [5.74, 6) is 0.861. The Morgan fingerprint density at radius 3 is 2.95 bits per heavy atom. The smallest absolute Gasteiger partial charge is 0.120 e. The van der Waals surface area contributed by atoms with Gasteiger partial charge in [0.25, 0.3) is 0 Å². The zero-order valence-corrected chi connectivity index (χ0v) is 12.5. The van der Waals surface area contributed by atoms with Crippen LogP contribution in [0.3, 0.4) is 0 Å². The molecule has 2 aliphatic rings. The normalized spacial score (nSPS) is 30.5. The summed E-state index contributed by atoms with van der Waals surface area (Å²) < 4.78 is 5.77. The Labute approximate surface area is 121 Å². The summed E-state index contributed by atoms with van der Waals surface area (Å²) in [6.45, 7) is 6.20. The van der Waals surface area contributed by atoms with Crippen LogP contribution in [0.4, 0.5) is 0 Å². The maximum absolute atomic E-state index is 11.2. The maximum atomic E-state index is 11.2. The fourth-order valence-corrected chi connectivity index (χ4v) is 3.73. The molecular weight excluding hydrogens is 250 g/mol. The SMILES string of the molecule is CC(C)Oc1cccc(C2(O)CCN3CCCCC32)c1. The molecule has 1 aromatic carbocycles. The van der Waals surface area contributed by atoms with E-state index in [0.29, 0.717) is 0 Å². The number of benzene rings is 1. The van der Waals surface area contributed by atoms with E-state index < -0.39 is 5.60 Å². The van der Waals surface area contributed by atoms with E-state index in [1.165, 1.54) is 12.8 Å². The average molecular weight is 275 g/mol. The van der Waals surface area contributed by atoms with Crippen LogP contribution in [-0.2, 0) is 5.60 Å². The molecule has 0 radical (unpaired) electrons. The van der Waals surface area contributed by atoms with Gasteiger partial charge in [-0.1, -0.05) is 18.6 Å². The van der Waals surface area contributed by atoms with Crippen LogP contribution in [-0.4, -0.2) is 35.2 Å². The van der Waals surface area contributed by atoms with Crippen molar-refractivity contribution in [3.63, 3.8) is 0 Å². The Hall–Kier alpha value is -1.06. The topological polar surface area (TPSA) is 32.7 Å². The van der Waals surface area contributed by atoms with Crippen LogP contribution in [0.5, 0.6) is 5.75 Å². The van der Waals surface area contributed by atoms with Gasteiger partial charge >= 0.3 is 0 Å². The second-order valence-electron chi connectivity index (χ2n) is 6.42. The van der Waals surface area contributed by atoms with Crippen molar-refractivity contribution in [2.45, 2.75) is 57.3 Å². The van der Waals surface area contributed by atoms with Crippen LogP contribution in [0.1, 0.15) is 45.1 Å². The van der Waals surface area contributed by atoms with E-state index in [1.54, 1.807) is 0 Å². The van der Waals surface area contributed by atoms with E-state index in [2.05, 4.69) is 4.90 Å². The van der Waals surface area contributed by atoms with Crippen LogP contribution in [0.25, 0.3) is 0 Å². The lowest BCUT2D eigenvalue weighted by molar-refractivity contribution is -0.0140. The van der Waals surface area contributed by atoms with Crippen molar-refractivity contribution >= 4 is 0 Å². The quantitative estimate of drug-likeness (QED) is 0.920. The second-order valence-corrected chi connectivity index (χ2v) is 6.42. The minimum absolute atomic E-state index is 0.162. The third-order valence-electron chi connectivity index (χ3n) is 4.65. The molecule has 2 saturated heterocycles. The van der Waals surface area contributed by atoms with Crippen molar-refractivity contribution in [3.05, 3.63) is 29.8 Å². The molecule has 3 rings (SSSR count). The first kappa shape index (κ1) is 13.9. The summed E-state index contributed by atoms with van der Waals surface area (Å²) in [7, 11) is 0. The average Bonchev–Trinajstić information content (AvgIpc) is 2.78. The molecule has 0 bridgehead atoms. The monoisotopic (exact) mass is 275 g/mol. The first-order chi connectivity index (χ1) is 9.59. The van der Waals surface area contributed by atoms with Crippen molar-refractivity contribution in [2.75, 3.05) is 13.1 Å². The van der Waals surface area contributed by atoms with Gasteiger partial charge in [-0.05, 0) is 57.4 Å². The van der Waals surface area contributed by atoms with Gasteiger partial charge in [-0.25, -0.2) is 0 Å². The summed E-state index contributed by atoms with van der Waals surface area (Å²) in [6.07, 6.45) is 4.60. The van der Waals surface area contributed by atoms with Crippen LogP contribution >= 0.6 is 0 Å². The number of hydrogen-bond acceptors (Lipinski definition) is 3. The predicted octanol–water partition coefficient (Wildman–Crippen LogP) is 2.92. The molecule has 3 heteroatoms. The van der Waals surface area contributed by atoms with E-state index in [4.69, 9.17) is 4.74 Å². The summed E-state index contributed by atoms with van der Waals surface area (Å²) in [4.78, 5) is 2.46. The lowest BCUT2D eigenvalue weighted by Gasteiger charge is -2.37. The van der Waals surface area contributed by atoms with Crippen LogP contribution in [0.2, 0.25) is 0 Å². The van der Waals surface area contributed by atoms with E-state index >= 15 is 0 Å². The van der Waals surface area contributed by atoms with Gasteiger partial charge in [-0.2, -0.15) is 0 Å². The molecule has 0 spiro atoms. The summed E-state index contributed by atoms with van der Waals surface area (Å²) >= 11 is 0. The summed E-state index contributed by atoms with van der Waals surface area (Å²) in [5.41, 5.74) is 0.321. The second kappa shape index (κ2) is 5.38. The molecule has 0 aliphatic carbocycles. The van der Waals surface area contributed by atoms with Gasteiger partial charge in [0.1, 0.15) is 11.4 Å². The predicted molar refractivity (Wildman–Crippen MR) is 79.9 cm³/mol.